The van der Waals surface area contributed by atoms with Gasteiger partial charge < -0.3 is 10.0 Å². The van der Waals surface area contributed by atoms with E-state index in [-0.39, 0.29) is 12.3 Å². The molecule has 1 saturated heterocycles. The van der Waals surface area contributed by atoms with Crippen molar-refractivity contribution < 1.29 is 9.90 Å². The van der Waals surface area contributed by atoms with E-state index in [0.29, 0.717) is 5.56 Å². The van der Waals surface area contributed by atoms with Crippen LogP contribution >= 0.6 is 0 Å². The van der Waals surface area contributed by atoms with Crippen molar-refractivity contribution in [3.63, 3.8) is 0 Å². The first-order chi connectivity index (χ1) is 8.68. The third-order valence-electron chi connectivity index (χ3n) is 3.44. The van der Waals surface area contributed by atoms with Crippen molar-refractivity contribution in [3.05, 3.63) is 48.6 Å². The molecule has 0 aliphatic carbocycles. The van der Waals surface area contributed by atoms with Gasteiger partial charge in [-0.1, -0.05) is 36.4 Å². The largest absolute Gasteiger partial charge is 0.375 e. The number of aliphatic hydroxyl groups is 1. The Morgan fingerprint density at radius 1 is 1.33 bits per heavy atom. The van der Waals surface area contributed by atoms with Gasteiger partial charge in [0, 0.05) is 19.5 Å². The predicted molar refractivity (Wildman–Crippen MR) is 71.0 cm³/mol. The zero-order valence-corrected chi connectivity index (χ0v) is 10.5. The van der Waals surface area contributed by atoms with E-state index >= 15 is 0 Å². The minimum absolute atomic E-state index is 0.203. The summed E-state index contributed by atoms with van der Waals surface area (Å²) in [6, 6.07) is 9.12. The summed E-state index contributed by atoms with van der Waals surface area (Å²) >= 11 is 0. The van der Waals surface area contributed by atoms with Crippen LogP contribution in [0.2, 0.25) is 0 Å². The maximum Gasteiger partial charge on any atom is 0.259 e. The molecule has 1 aliphatic heterocycles. The molecule has 96 valence electrons. The van der Waals surface area contributed by atoms with E-state index in [9.17, 15) is 9.90 Å². The number of amides is 1. The smallest absolute Gasteiger partial charge is 0.259 e. The van der Waals surface area contributed by atoms with E-state index in [1.165, 1.54) is 0 Å². The molecule has 1 aromatic carbocycles. The third kappa shape index (κ3) is 2.31. The Labute approximate surface area is 108 Å². The Balaban J connectivity index is 2.31. The number of hydrogen-bond acceptors (Lipinski definition) is 2. The highest BCUT2D eigenvalue weighted by Crippen LogP contribution is 2.29. The monoisotopic (exact) mass is 245 g/mol. The molecule has 3 nitrogen and oxygen atoms in total. The second kappa shape index (κ2) is 5.36. The molecular formula is C15H19NO2. The molecule has 1 fully saturated rings. The van der Waals surface area contributed by atoms with Crippen molar-refractivity contribution in [2.45, 2.75) is 24.9 Å². The van der Waals surface area contributed by atoms with Crippen LogP contribution in [0.4, 0.5) is 0 Å². The lowest BCUT2D eigenvalue weighted by atomic mass is 9.89. The number of benzene rings is 1. The molecule has 0 aromatic heterocycles. The fourth-order valence-corrected chi connectivity index (χ4v) is 2.43. The molecular weight excluding hydrogens is 226 g/mol. The van der Waals surface area contributed by atoms with Gasteiger partial charge in [-0.3, -0.25) is 4.79 Å². The maximum atomic E-state index is 12.5. The summed E-state index contributed by atoms with van der Waals surface area (Å²) in [4.78, 5) is 14.2. The zero-order valence-electron chi connectivity index (χ0n) is 10.5. The van der Waals surface area contributed by atoms with Gasteiger partial charge in [-0.15, -0.1) is 6.58 Å². The SMILES string of the molecule is C=CCC(O)(C(=O)N1CCCC1)c1ccccc1. The highest BCUT2D eigenvalue weighted by molar-refractivity contribution is 5.86. The summed E-state index contributed by atoms with van der Waals surface area (Å²) in [5.41, 5.74) is -0.824. The van der Waals surface area contributed by atoms with Crippen LogP contribution in [0.25, 0.3) is 0 Å². The van der Waals surface area contributed by atoms with Gasteiger partial charge >= 0.3 is 0 Å². The molecule has 2 rings (SSSR count). The number of carbonyl (C=O) groups is 1. The van der Waals surface area contributed by atoms with Gasteiger partial charge in [0.05, 0.1) is 0 Å². The summed E-state index contributed by atoms with van der Waals surface area (Å²) in [6.45, 7) is 5.13. The molecule has 1 aromatic rings. The van der Waals surface area contributed by atoms with Crippen LogP contribution in [0.15, 0.2) is 43.0 Å². The van der Waals surface area contributed by atoms with Gasteiger partial charge in [-0.25, -0.2) is 0 Å². The molecule has 18 heavy (non-hydrogen) atoms. The van der Waals surface area contributed by atoms with E-state index in [1.807, 2.05) is 18.2 Å². The first kappa shape index (κ1) is 12.8. The number of nitrogens with zero attached hydrogens (tertiary/aromatic N) is 1. The Kier molecular flexibility index (Phi) is 3.82. The number of likely N-dealkylation sites (tertiary alicyclic amines) is 1. The molecule has 1 atom stereocenters. The Morgan fingerprint density at radius 2 is 1.94 bits per heavy atom. The highest BCUT2D eigenvalue weighted by Gasteiger charge is 2.40. The van der Waals surface area contributed by atoms with Gasteiger partial charge in [-0.05, 0) is 18.4 Å². The normalized spacial score (nSPS) is 18.4. The fourth-order valence-electron chi connectivity index (χ4n) is 2.43. The summed E-state index contributed by atoms with van der Waals surface area (Å²) < 4.78 is 0. The lowest BCUT2D eigenvalue weighted by Gasteiger charge is -2.30. The standard InChI is InChI=1S/C15H19NO2/c1-2-10-15(18,13-8-4-3-5-9-13)14(17)16-11-6-7-12-16/h2-5,8-9,18H,1,6-7,10-12H2. The Bertz CT molecular complexity index is 423. The van der Waals surface area contributed by atoms with Gasteiger partial charge in [0.15, 0.2) is 5.60 Å². The average molecular weight is 245 g/mol. The maximum absolute atomic E-state index is 12.5. The van der Waals surface area contributed by atoms with E-state index in [0.717, 1.165) is 25.9 Å². The van der Waals surface area contributed by atoms with Crippen LogP contribution in [0.1, 0.15) is 24.8 Å². The van der Waals surface area contributed by atoms with Gasteiger partial charge in [0.25, 0.3) is 5.91 Å². The van der Waals surface area contributed by atoms with Crippen molar-refractivity contribution in [3.8, 4) is 0 Å². The predicted octanol–water partition coefficient (Wildman–Crippen LogP) is 2.07. The first-order valence-electron chi connectivity index (χ1n) is 6.36. The van der Waals surface area contributed by atoms with Crippen molar-refractivity contribution in [2.75, 3.05) is 13.1 Å². The molecule has 3 heteroatoms. The summed E-state index contributed by atoms with van der Waals surface area (Å²) in [7, 11) is 0. The second-order valence-electron chi connectivity index (χ2n) is 4.72. The second-order valence-corrected chi connectivity index (χ2v) is 4.72. The topological polar surface area (TPSA) is 40.5 Å². The summed E-state index contributed by atoms with van der Waals surface area (Å²) in [5, 5.41) is 10.7. The van der Waals surface area contributed by atoms with Crippen molar-refractivity contribution in [1.82, 2.24) is 4.90 Å². The zero-order chi connectivity index (χ0) is 13.0. The van der Waals surface area contributed by atoms with Crippen LogP contribution in [-0.4, -0.2) is 29.0 Å². The minimum Gasteiger partial charge on any atom is -0.375 e. The van der Waals surface area contributed by atoms with Crippen molar-refractivity contribution in [1.29, 1.82) is 0 Å². The minimum atomic E-state index is -1.46. The van der Waals surface area contributed by atoms with Crippen LogP contribution in [0.5, 0.6) is 0 Å². The molecule has 1 aliphatic rings. The van der Waals surface area contributed by atoms with E-state index < -0.39 is 5.60 Å². The molecule has 0 bridgehead atoms. The van der Waals surface area contributed by atoms with Gasteiger partial charge in [-0.2, -0.15) is 0 Å². The Hall–Kier alpha value is -1.61. The quantitative estimate of drug-likeness (QED) is 0.825. The molecule has 0 saturated carbocycles. The van der Waals surface area contributed by atoms with Crippen molar-refractivity contribution >= 4 is 5.91 Å². The first-order valence-corrected chi connectivity index (χ1v) is 6.36. The van der Waals surface area contributed by atoms with Gasteiger partial charge in [0.1, 0.15) is 0 Å². The lowest BCUT2D eigenvalue weighted by molar-refractivity contribution is -0.151. The third-order valence-corrected chi connectivity index (χ3v) is 3.44. The van der Waals surface area contributed by atoms with Crippen molar-refractivity contribution in [2.24, 2.45) is 0 Å². The van der Waals surface area contributed by atoms with Crippen LogP contribution in [-0.2, 0) is 10.4 Å². The molecule has 1 N–H and O–H groups in total. The molecule has 1 unspecified atom stereocenters. The molecule has 1 heterocycles. The number of rotatable bonds is 4. The lowest BCUT2D eigenvalue weighted by Crippen LogP contribution is -2.45. The highest BCUT2D eigenvalue weighted by atomic mass is 16.3. The molecule has 1 amide bonds. The summed E-state index contributed by atoms with van der Waals surface area (Å²) in [6.07, 6.45) is 3.88. The van der Waals surface area contributed by atoms with Gasteiger partial charge in [0.2, 0.25) is 0 Å². The van der Waals surface area contributed by atoms with Crippen LogP contribution in [0.3, 0.4) is 0 Å². The molecule has 0 spiro atoms. The fraction of sp³-hybridized carbons (Fsp3) is 0.400. The van der Waals surface area contributed by atoms with E-state index in [2.05, 4.69) is 6.58 Å². The van der Waals surface area contributed by atoms with Crippen LogP contribution < -0.4 is 0 Å². The number of hydrogen-bond donors (Lipinski definition) is 1. The molecule has 0 radical (unpaired) electrons. The van der Waals surface area contributed by atoms with Crippen LogP contribution in [0, 0.1) is 0 Å². The summed E-state index contributed by atoms with van der Waals surface area (Å²) in [5.74, 6) is -0.203. The Morgan fingerprint density at radius 3 is 2.50 bits per heavy atom. The van der Waals surface area contributed by atoms with E-state index in [4.69, 9.17) is 0 Å². The average Bonchev–Trinajstić information content (AvgIpc) is 2.93. The number of carbonyl (C=O) groups excluding carboxylic acids is 1. The van der Waals surface area contributed by atoms with E-state index in [1.54, 1.807) is 23.1 Å².